The standard InChI is InChI=1S/C16H15BrClN3/c1-2-9-21-15-12(18)7-4-8-13(15)20-16(21)10-5-3-6-11(17)14(10)19/h3-8H,2,9,19H2,1H3. The molecule has 0 amide bonds. The summed E-state index contributed by atoms with van der Waals surface area (Å²) in [6.45, 7) is 2.98. The van der Waals surface area contributed by atoms with Gasteiger partial charge in [-0.05, 0) is 46.6 Å². The summed E-state index contributed by atoms with van der Waals surface area (Å²) in [6.07, 6.45) is 0.998. The first kappa shape index (κ1) is 14.4. The van der Waals surface area contributed by atoms with Crippen molar-refractivity contribution >= 4 is 44.3 Å². The van der Waals surface area contributed by atoms with Crippen LogP contribution in [-0.2, 0) is 6.54 Å². The van der Waals surface area contributed by atoms with E-state index in [1.54, 1.807) is 0 Å². The Morgan fingerprint density at radius 2 is 2.00 bits per heavy atom. The maximum Gasteiger partial charge on any atom is 0.143 e. The van der Waals surface area contributed by atoms with Crippen molar-refractivity contribution in [1.82, 2.24) is 9.55 Å². The molecule has 0 unspecified atom stereocenters. The van der Waals surface area contributed by atoms with E-state index >= 15 is 0 Å². The Labute approximate surface area is 136 Å². The number of rotatable bonds is 3. The molecule has 21 heavy (non-hydrogen) atoms. The van der Waals surface area contributed by atoms with E-state index in [9.17, 15) is 0 Å². The van der Waals surface area contributed by atoms with Gasteiger partial charge >= 0.3 is 0 Å². The highest BCUT2D eigenvalue weighted by molar-refractivity contribution is 9.10. The minimum atomic E-state index is 0.696. The fourth-order valence-electron chi connectivity index (χ4n) is 2.52. The van der Waals surface area contributed by atoms with Gasteiger partial charge in [0.05, 0.1) is 21.7 Å². The van der Waals surface area contributed by atoms with Gasteiger partial charge in [-0.2, -0.15) is 0 Å². The number of nitrogen functional groups attached to an aromatic ring is 1. The summed E-state index contributed by atoms with van der Waals surface area (Å²) in [5.74, 6) is 0.860. The first-order valence-electron chi connectivity index (χ1n) is 6.82. The fourth-order valence-corrected chi connectivity index (χ4v) is 3.16. The number of imidazole rings is 1. The first-order chi connectivity index (χ1) is 10.1. The summed E-state index contributed by atoms with van der Waals surface area (Å²) in [4.78, 5) is 4.74. The van der Waals surface area contributed by atoms with Gasteiger partial charge in [-0.15, -0.1) is 0 Å². The molecule has 0 radical (unpaired) electrons. The molecule has 3 rings (SSSR count). The Bertz CT molecular complexity index is 811. The van der Waals surface area contributed by atoms with Crippen LogP contribution in [0.15, 0.2) is 40.9 Å². The molecule has 3 nitrogen and oxygen atoms in total. The molecule has 0 aliphatic heterocycles. The lowest BCUT2D eigenvalue weighted by molar-refractivity contribution is 0.704. The average molecular weight is 365 g/mol. The van der Waals surface area contributed by atoms with E-state index in [4.69, 9.17) is 22.3 Å². The van der Waals surface area contributed by atoms with Crippen LogP contribution in [0.1, 0.15) is 13.3 Å². The van der Waals surface area contributed by atoms with Gasteiger partial charge in [0.15, 0.2) is 0 Å². The number of fused-ring (bicyclic) bond motifs is 1. The third-order valence-electron chi connectivity index (χ3n) is 3.46. The van der Waals surface area contributed by atoms with E-state index in [-0.39, 0.29) is 0 Å². The second-order valence-corrected chi connectivity index (χ2v) is 6.16. The number of hydrogen-bond donors (Lipinski definition) is 1. The Hall–Kier alpha value is -1.52. The molecular weight excluding hydrogens is 350 g/mol. The molecule has 2 aromatic carbocycles. The molecule has 0 saturated carbocycles. The van der Waals surface area contributed by atoms with Gasteiger partial charge in [0, 0.05) is 16.6 Å². The Morgan fingerprint density at radius 3 is 2.76 bits per heavy atom. The molecule has 0 spiro atoms. The van der Waals surface area contributed by atoms with Gasteiger partial charge in [0.1, 0.15) is 5.82 Å². The van der Waals surface area contributed by atoms with Crippen LogP contribution in [0.25, 0.3) is 22.4 Å². The highest BCUT2D eigenvalue weighted by Gasteiger charge is 2.16. The van der Waals surface area contributed by atoms with Gasteiger partial charge in [0.25, 0.3) is 0 Å². The zero-order chi connectivity index (χ0) is 15.0. The zero-order valence-corrected chi connectivity index (χ0v) is 13.9. The fraction of sp³-hybridized carbons (Fsp3) is 0.188. The van der Waals surface area contributed by atoms with Crippen LogP contribution in [0, 0.1) is 0 Å². The van der Waals surface area contributed by atoms with Crippen molar-refractivity contribution in [2.24, 2.45) is 0 Å². The molecular formula is C16H15BrClN3. The van der Waals surface area contributed by atoms with Crippen molar-refractivity contribution in [2.75, 3.05) is 5.73 Å². The van der Waals surface area contributed by atoms with Crippen LogP contribution in [-0.4, -0.2) is 9.55 Å². The topological polar surface area (TPSA) is 43.8 Å². The Balaban J connectivity index is 2.34. The monoisotopic (exact) mass is 363 g/mol. The van der Waals surface area contributed by atoms with Gasteiger partial charge in [0.2, 0.25) is 0 Å². The van der Waals surface area contributed by atoms with Gasteiger partial charge in [-0.1, -0.05) is 30.7 Å². The SMILES string of the molecule is CCCn1c(-c2cccc(Br)c2N)nc2cccc(Cl)c21. The van der Waals surface area contributed by atoms with E-state index in [0.717, 1.165) is 39.9 Å². The predicted molar refractivity (Wildman–Crippen MR) is 92.6 cm³/mol. The Morgan fingerprint density at radius 1 is 1.24 bits per heavy atom. The summed E-state index contributed by atoms with van der Waals surface area (Å²) in [5, 5.41) is 0.716. The summed E-state index contributed by atoms with van der Waals surface area (Å²) in [7, 11) is 0. The lowest BCUT2D eigenvalue weighted by atomic mass is 10.1. The molecule has 1 heterocycles. The van der Waals surface area contributed by atoms with Gasteiger partial charge in [-0.25, -0.2) is 4.98 Å². The molecule has 3 aromatic rings. The maximum absolute atomic E-state index is 6.37. The molecule has 0 fully saturated rings. The molecule has 2 N–H and O–H groups in total. The Kier molecular flexibility index (Phi) is 3.91. The largest absolute Gasteiger partial charge is 0.397 e. The number of para-hydroxylation sites is 2. The van der Waals surface area contributed by atoms with E-state index in [0.29, 0.717) is 10.7 Å². The first-order valence-corrected chi connectivity index (χ1v) is 7.99. The predicted octanol–water partition coefficient (Wildman–Crippen LogP) is 5.11. The third kappa shape index (κ3) is 2.43. The molecule has 5 heteroatoms. The smallest absolute Gasteiger partial charge is 0.143 e. The van der Waals surface area contributed by atoms with E-state index in [1.807, 2.05) is 36.4 Å². The van der Waals surface area contributed by atoms with Crippen LogP contribution in [0.2, 0.25) is 5.02 Å². The highest BCUT2D eigenvalue weighted by atomic mass is 79.9. The summed E-state index contributed by atoms with van der Waals surface area (Å²) < 4.78 is 3.02. The van der Waals surface area contributed by atoms with E-state index in [2.05, 4.69) is 27.4 Å². The van der Waals surface area contributed by atoms with Crippen LogP contribution in [0.3, 0.4) is 0 Å². The zero-order valence-electron chi connectivity index (χ0n) is 11.6. The number of nitrogens with two attached hydrogens (primary N) is 1. The van der Waals surface area contributed by atoms with Crippen LogP contribution < -0.4 is 5.73 Å². The summed E-state index contributed by atoms with van der Waals surface area (Å²) >= 11 is 9.85. The lowest BCUT2D eigenvalue weighted by Crippen LogP contribution is -2.02. The number of nitrogens with zero attached hydrogens (tertiary/aromatic N) is 2. The van der Waals surface area contributed by atoms with Crippen molar-refractivity contribution < 1.29 is 0 Å². The summed E-state index contributed by atoms with van der Waals surface area (Å²) in [6, 6.07) is 11.7. The molecule has 0 saturated heterocycles. The average Bonchev–Trinajstić information content (AvgIpc) is 2.82. The van der Waals surface area contributed by atoms with Gasteiger partial charge < -0.3 is 10.3 Å². The van der Waals surface area contributed by atoms with Crippen molar-refractivity contribution in [1.29, 1.82) is 0 Å². The highest BCUT2D eigenvalue weighted by Crippen LogP contribution is 2.35. The van der Waals surface area contributed by atoms with Crippen molar-refractivity contribution in [3.63, 3.8) is 0 Å². The second kappa shape index (κ2) is 5.70. The molecule has 1 aromatic heterocycles. The molecule has 108 valence electrons. The van der Waals surface area contributed by atoms with Crippen LogP contribution >= 0.6 is 27.5 Å². The maximum atomic E-state index is 6.37. The normalized spacial score (nSPS) is 11.2. The molecule has 0 atom stereocenters. The van der Waals surface area contributed by atoms with Gasteiger partial charge in [-0.3, -0.25) is 0 Å². The quantitative estimate of drug-likeness (QED) is 0.656. The number of benzene rings is 2. The number of hydrogen-bond acceptors (Lipinski definition) is 2. The lowest BCUT2D eigenvalue weighted by Gasteiger charge is -2.11. The van der Waals surface area contributed by atoms with E-state index < -0.39 is 0 Å². The molecule has 0 bridgehead atoms. The minimum absolute atomic E-state index is 0.696. The van der Waals surface area contributed by atoms with E-state index in [1.165, 1.54) is 0 Å². The molecule has 0 aliphatic rings. The molecule has 0 aliphatic carbocycles. The second-order valence-electron chi connectivity index (χ2n) is 4.90. The third-order valence-corrected chi connectivity index (χ3v) is 4.45. The van der Waals surface area contributed by atoms with Crippen molar-refractivity contribution in [3.05, 3.63) is 45.9 Å². The number of halogens is 2. The number of aromatic nitrogens is 2. The van der Waals surface area contributed by atoms with Crippen molar-refractivity contribution in [3.8, 4) is 11.4 Å². The van der Waals surface area contributed by atoms with Crippen LogP contribution in [0.5, 0.6) is 0 Å². The minimum Gasteiger partial charge on any atom is -0.397 e. The van der Waals surface area contributed by atoms with Crippen molar-refractivity contribution in [2.45, 2.75) is 19.9 Å². The van der Waals surface area contributed by atoms with Crippen LogP contribution in [0.4, 0.5) is 5.69 Å². The summed E-state index contributed by atoms with van der Waals surface area (Å²) in [5.41, 5.74) is 9.69. The number of anilines is 1. The number of aryl methyl sites for hydroxylation is 1.